The molecule has 0 atom stereocenters. The lowest BCUT2D eigenvalue weighted by Crippen LogP contribution is -2.23. The zero-order valence-corrected chi connectivity index (χ0v) is 12.4. The van der Waals surface area contributed by atoms with Crippen LogP contribution in [-0.4, -0.2) is 16.3 Å². The summed E-state index contributed by atoms with van der Waals surface area (Å²) in [6.07, 6.45) is 1.83. The second-order valence-corrected chi connectivity index (χ2v) is 5.67. The normalized spacial score (nSPS) is 13.3. The van der Waals surface area contributed by atoms with Crippen LogP contribution in [0.1, 0.15) is 19.8 Å². The third kappa shape index (κ3) is 1.65. The van der Waals surface area contributed by atoms with Gasteiger partial charge in [-0.1, -0.05) is 13.3 Å². The Labute approximate surface area is 126 Å². The first-order valence-corrected chi connectivity index (χ1v) is 7.61. The van der Waals surface area contributed by atoms with Gasteiger partial charge in [-0.25, -0.2) is 0 Å². The van der Waals surface area contributed by atoms with Gasteiger partial charge in [0.2, 0.25) is 5.88 Å². The second-order valence-electron chi connectivity index (χ2n) is 5.67. The van der Waals surface area contributed by atoms with Crippen molar-refractivity contribution in [3.63, 3.8) is 0 Å². The number of unbranched alkanes of at least 4 members (excludes halogenated alkanes) is 1. The Balaban J connectivity index is 2.20. The highest BCUT2D eigenvalue weighted by atomic mass is 16.3. The lowest BCUT2D eigenvalue weighted by molar-refractivity contribution is 0.409. The van der Waals surface area contributed by atoms with E-state index < -0.39 is 0 Å². The van der Waals surface area contributed by atoms with E-state index in [4.69, 9.17) is 0 Å². The highest BCUT2D eigenvalue weighted by molar-refractivity contribution is 6.15. The van der Waals surface area contributed by atoms with E-state index in [1.165, 1.54) is 4.57 Å². The van der Waals surface area contributed by atoms with Crippen LogP contribution >= 0.6 is 0 Å². The number of rotatable bonds is 3. The number of aromatic nitrogens is 1. The number of nitrogens with zero attached hydrogens (tertiary/aromatic N) is 2. The van der Waals surface area contributed by atoms with E-state index in [0.29, 0.717) is 24.0 Å². The fourth-order valence-electron chi connectivity index (χ4n) is 3.24. The molecule has 112 valence electrons. The first kappa shape index (κ1) is 13.1. The van der Waals surface area contributed by atoms with Crippen LogP contribution in [0, 0.1) is 0 Å². The van der Waals surface area contributed by atoms with Crippen molar-refractivity contribution < 1.29 is 5.11 Å². The van der Waals surface area contributed by atoms with E-state index in [9.17, 15) is 9.90 Å². The fraction of sp³-hybridized carbons (Fsp3) is 0.294. The first-order chi connectivity index (χ1) is 10.7. The molecule has 1 aliphatic rings. The highest BCUT2D eigenvalue weighted by Crippen LogP contribution is 2.33. The van der Waals surface area contributed by atoms with E-state index in [-0.39, 0.29) is 11.4 Å². The summed E-state index contributed by atoms with van der Waals surface area (Å²) in [5.41, 5.74) is 0.834. The molecular weight excluding hydrogens is 278 g/mol. The summed E-state index contributed by atoms with van der Waals surface area (Å²) in [5.74, 6) is 0.0558. The Morgan fingerprint density at radius 3 is 2.86 bits per heavy atom. The third-order valence-electron chi connectivity index (χ3n) is 4.37. The minimum absolute atomic E-state index is 0.0558. The third-order valence-corrected chi connectivity index (χ3v) is 4.37. The maximum atomic E-state index is 12.7. The van der Waals surface area contributed by atoms with Gasteiger partial charge in [-0.05, 0) is 30.7 Å². The molecule has 22 heavy (non-hydrogen) atoms. The number of anilines is 1. The molecule has 4 rings (SSSR count). The number of nitrogens with one attached hydrogen (secondary N) is 1. The Hall–Kier alpha value is -2.56. The minimum atomic E-state index is -0.132. The fourth-order valence-corrected chi connectivity index (χ4v) is 3.24. The van der Waals surface area contributed by atoms with Crippen molar-refractivity contribution in [3.05, 3.63) is 40.0 Å². The minimum Gasteiger partial charge on any atom is -0.494 e. The molecule has 5 heteroatoms. The largest absolute Gasteiger partial charge is 0.494 e. The first-order valence-electron chi connectivity index (χ1n) is 7.61. The second kappa shape index (κ2) is 4.73. The Morgan fingerprint density at radius 2 is 2.05 bits per heavy atom. The summed E-state index contributed by atoms with van der Waals surface area (Å²) < 4.78 is 1.48. The topological polar surface area (TPSA) is 66.6 Å². The van der Waals surface area contributed by atoms with Gasteiger partial charge in [0.05, 0.1) is 5.36 Å². The summed E-state index contributed by atoms with van der Waals surface area (Å²) in [6.45, 7) is 3.14. The molecule has 3 aromatic rings. The molecule has 2 N–H and O–H groups in total. The summed E-state index contributed by atoms with van der Waals surface area (Å²) in [4.78, 5) is 17.2. The molecule has 1 aromatic heterocycles. The summed E-state index contributed by atoms with van der Waals surface area (Å²) >= 11 is 0. The van der Waals surface area contributed by atoms with Gasteiger partial charge >= 0.3 is 0 Å². The van der Waals surface area contributed by atoms with Crippen LogP contribution < -0.4 is 16.2 Å². The van der Waals surface area contributed by atoms with Crippen LogP contribution in [0.3, 0.4) is 0 Å². The Kier molecular flexibility index (Phi) is 2.82. The monoisotopic (exact) mass is 295 g/mol. The molecule has 2 heterocycles. The van der Waals surface area contributed by atoms with E-state index in [0.717, 1.165) is 34.7 Å². The van der Waals surface area contributed by atoms with Gasteiger partial charge in [0, 0.05) is 33.8 Å². The van der Waals surface area contributed by atoms with Crippen molar-refractivity contribution in [1.82, 2.24) is 4.57 Å². The molecule has 0 aliphatic carbocycles. The molecule has 0 amide bonds. The molecule has 2 aromatic carbocycles. The number of benzene rings is 2. The van der Waals surface area contributed by atoms with E-state index in [1.54, 1.807) is 0 Å². The van der Waals surface area contributed by atoms with Crippen molar-refractivity contribution >= 4 is 27.2 Å². The predicted octanol–water partition coefficient (Wildman–Crippen LogP) is 2.38. The lowest BCUT2D eigenvalue weighted by Gasteiger charge is -2.18. The van der Waals surface area contributed by atoms with Gasteiger partial charge in [0.1, 0.15) is 6.67 Å². The van der Waals surface area contributed by atoms with Crippen LogP contribution in [0.4, 0.5) is 5.69 Å². The van der Waals surface area contributed by atoms with Crippen molar-refractivity contribution in [2.75, 3.05) is 12.0 Å². The van der Waals surface area contributed by atoms with E-state index in [1.807, 2.05) is 24.3 Å². The molecule has 0 bridgehead atoms. The zero-order valence-electron chi connectivity index (χ0n) is 12.4. The maximum Gasteiger partial charge on any atom is 0.261 e. The Morgan fingerprint density at radius 1 is 1.23 bits per heavy atom. The van der Waals surface area contributed by atoms with Crippen LogP contribution in [0.2, 0.25) is 0 Å². The lowest BCUT2D eigenvalue weighted by atomic mass is 9.99. The Bertz CT molecular complexity index is 1000. The zero-order chi connectivity index (χ0) is 15.3. The molecule has 1 aliphatic heterocycles. The molecule has 0 unspecified atom stereocenters. The van der Waals surface area contributed by atoms with Crippen molar-refractivity contribution in [3.8, 4) is 5.88 Å². The predicted molar refractivity (Wildman–Crippen MR) is 87.5 cm³/mol. The average molecular weight is 295 g/mol. The molecule has 0 fully saturated rings. The summed E-state index contributed by atoms with van der Waals surface area (Å²) in [7, 11) is 0. The number of hydrogen-bond donors (Lipinski definition) is 2. The summed E-state index contributed by atoms with van der Waals surface area (Å²) in [5, 5.41) is 17.8. The van der Waals surface area contributed by atoms with Crippen LogP contribution in [0.5, 0.6) is 5.88 Å². The van der Waals surface area contributed by atoms with E-state index in [2.05, 4.69) is 17.2 Å². The highest BCUT2D eigenvalue weighted by Gasteiger charge is 2.18. The molecule has 0 radical (unpaired) electrons. The van der Waals surface area contributed by atoms with Gasteiger partial charge in [-0.2, -0.15) is 0 Å². The van der Waals surface area contributed by atoms with Crippen LogP contribution in [0.15, 0.2) is 34.1 Å². The standard InChI is InChI=1S/C17H17N3O2/c1-2-3-8-20-16(21)10-4-6-12-15-13(19-9-18-12)7-5-11(14(10)15)17(20)22/h4-7,18,22H,2-3,8-9H2,1H3. The van der Waals surface area contributed by atoms with Gasteiger partial charge < -0.3 is 10.4 Å². The SMILES string of the molecule is CCCCn1c(O)c2ccc3c4c(ccc(c1=O)c24)NCN=3. The van der Waals surface area contributed by atoms with Gasteiger partial charge in [0.15, 0.2) is 0 Å². The van der Waals surface area contributed by atoms with E-state index >= 15 is 0 Å². The maximum absolute atomic E-state index is 12.7. The summed E-state index contributed by atoms with van der Waals surface area (Å²) in [6, 6.07) is 7.55. The van der Waals surface area contributed by atoms with Crippen molar-refractivity contribution in [2.24, 2.45) is 4.99 Å². The number of aromatic hydroxyl groups is 1. The molecular formula is C17H17N3O2. The van der Waals surface area contributed by atoms with Crippen LogP contribution in [-0.2, 0) is 6.54 Å². The molecule has 0 saturated carbocycles. The van der Waals surface area contributed by atoms with Gasteiger partial charge in [-0.3, -0.25) is 14.4 Å². The quantitative estimate of drug-likeness (QED) is 0.779. The molecule has 5 nitrogen and oxygen atoms in total. The van der Waals surface area contributed by atoms with Crippen molar-refractivity contribution in [2.45, 2.75) is 26.3 Å². The van der Waals surface area contributed by atoms with Crippen LogP contribution in [0.25, 0.3) is 21.5 Å². The molecule has 0 spiro atoms. The smallest absolute Gasteiger partial charge is 0.261 e. The number of pyridine rings is 1. The van der Waals surface area contributed by atoms with Gasteiger partial charge in [0.25, 0.3) is 5.56 Å². The number of hydrogen-bond acceptors (Lipinski definition) is 4. The molecule has 0 saturated heterocycles. The average Bonchev–Trinajstić information content (AvgIpc) is 2.55. The van der Waals surface area contributed by atoms with Gasteiger partial charge in [-0.15, -0.1) is 0 Å². The van der Waals surface area contributed by atoms with Crippen molar-refractivity contribution in [1.29, 1.82) is 0 Å².